The molecule has 0 saturated carbocycles. The summed E-state index contributed by atoms with van der Waals surface area (Å²) in [5, 5.41) is 0. The van der Waals surface area contributed by atoms with Crippen molar-refractivity contribution in [1.29, 1.82) is 0 Å². The molecule has 5 fully saturated rings. The van der Waals surface area contributed by atoms with Gasteiger partial charge in [-0.25, -0.2) is 0 Å². The van der Waals surface area contributed by atoms with Gasteiger partial charge in [0.05, 0.1) is 0 Å². The molecule has 0 radical (unpaired) electrons. The minimum Gasteiger partial charge on any atom is -0.302 e. The van der Waals surface area contributed by atoms with E-state index < -0.39 is 0 Å². The molecule has 5 rings (SSSR count). The number of likely N-dealkylation sites (tertiary alicyclic amines) is 4. The maximum atomic E-state index is 2.86. The van der Waals surface area contributed by atoms with Crippen molar-refractivity contribution < 1.29 is 0 Å². The Bertz CT molecular complexity index is 939. The first-order valence-corrected chi connectivity index (χ1v) is 18.7. The molecule has 256 valence electrons. The van der Waals surface area contributed by atoms with Crippen LogP contribution in [0.5, 0.6) is 0 Å². The van der Waals surface area contributed by atoms with E-state index in [1.165, 1.54) is 111 Å². The highest BCUT2D eigenvalue weighted by molar-refractivity contribution is 5.11. The summed E-state index contributed by atoms with van der Waals surface area (Å²) in [4.78, 5) is 16.8. The third-order valence-electron chi connectivity index (χ3n) is 12.3. The normalized spacial score (nSPS) is 33.0. The topological polar surface area (TPSA) is 19.4 Å². The van der Waals surface area contributed by atoms with Gasteiger partial charge in [0.15, 0.2) is 0 Å². The molecule has 0 aromatic heterocycles. The first-order valence-electron chi connectivity index (χ1n) is 18.7. The SMILES string of the molecule is C[C@@H]1CN(CC(C)(C)CC(C)(C)N2CC3(CN(C4CCN(CC(C)(C)C)C[C@@H]4C)C3)C2)CCC1N1CCN(C(C)(C)C)CC1. The Balaban J connectivity index is 1.03. The maximum Gasteiger partial charge on any atom is 0.0212 e. The van der Waals surface area contributed by atoms with E-state index in [2.05, 4.69) is 112 Å². The Labute approximate surface area is 274 Å². The minimum absolute atomic E-state index is 0.275. The van der Waals surface area contributed by atoms with Gasteiger partial charge in [-0.05, 0) is 89.6 Å². The van der Waals surface area contributed by atoms with Gasteiger partial charge in [-0.1, -0.05) is 48.5 Å². The number of hydrogen-bond acceptors (Lipinski definition) is 6. The zero-order valence-corrected chi connectivity index (χ0v) is 31.5. The molecule has 44 heavy (non-hydrogen) atoms. The Kier molecular flexibility index (Phi) is 10.1. The highest BCUT2D eigenvalue weighted by atomic mass is 15.4. The van der Waals surface area contributed by atoms with Crippen molar-refractivity contribution >= 4 is 0 Å². The average Bonchev–Trinajstić information content (AvgIpc) is 2.81. The number of nitrogens with zero attached hydrogens (tertiary/aromatic N) is 6. The lowest BCUT2D eigenvalue weighted by atomic mass is 9.67. The van der Waals surface area contributed by atoms with Crippen LogP contribution >= 0.6 is 0 Å². The van der Waals surface area contributed by atoms with Crippen LogP contribution in [-0.4, -0.2) is 144 Å². The van der Waals surface area contributed by atoms with E-state index in [1.807, 2.05) is 0 Å². The van der Waals surface area contributed by atoms with E-state index in [0.717, 1.165) is 23.9 Å². The molecule has 0 aromatic carbocycles. The van der Waals surface area contributed by atoms with Crippen molar-refractivity contribution in [1.82, 2.24) is 29.4 Å². The zero-order valence-electron chi connectivity index (χ0n) is 31.5. The second-order valence-electron chi connectivity index (χ2n) is 20.3. The van der Waals surface area contributed by atoms with Gasteiger partial charge in [-0.15, -0.1) is 0 Å². The predicted molar refractivity (Wildman–Crippen MR) is 188 cm³/mol. The van der Waals surface area contributed by atoms with Crippen LogP contribution in [0.4, 0.5) is 0 Å². The van der Waals surface area contributed by atoms with E-state index in [1.54, 1.807) is 0 Å². The average molecular weight is 615 g/mol. The minimum atomic E-state index is 0.275. The molecule has 5 aliphatic rings. The van der Waals surface area contributed by atoms with E-state index in [4.69, 9.17) is 0 Å². The monoisotopic (exact) mass is 615 g/mol. The number of piperazine rings is 1. The largest absolute Gasteiger partial charge is 0.302 e. The summed E-state index contributed by atoms with van der Waals surface area (Å²) in [7, 11) is 0. The number of rotatable bonds is 8. The molecule has 0 N–H and O–H groups in total. The fourth-order valence-electron chi connectivity index (χ4n) is 10.6. The lowest BCUT2D eigenvalue weighted by Gasteiger charge is -2.66. The molecule has 0 amide bonds. The smallest absolute Gasteiger partial charge is 0.0212 e. The molecule has 2 unspecified atom stereocenters. The van der Waals surface area contributed by atoms with Gasteiger partial charge in [-0.3, -0.25) is 19.6 Å². The summed E-state index contributed by atoms with van der Waals surface area (Å²) < 4.78 is 0. The molecule has 1 spiro atoms. The molecule has 5 heterocycles. The van der Waals surface area contributed by atoms with E-state index in [9.17, 15) is 0 Å². The van der Waals surface area contributed by atoms with E-state index in [-0.39, 0.29) is 5.54 Å². The van der Waals surface area contributed by atoms with Crippen molar-refractivity contribution in [3.8, 4) is 0 Å². The first-order chi connectivity index (χ1) is 20.2. The highest BCUT2D eigenvalue weighted by Gasteiger charge is 2.57. The van der Waals surface area contributed by atoms with Gasteiger partial charge in [0, 0.05) is 107 Å². The van der Waals surface area contributed by atoms with Gasteiger partial charge in [-0.2, -0.15) is 0 Å². The second-order valence-corrected chi connectivity index (χ2v) is 20.3. The fourth-order valence-corrected chi connectivity index (χ4v) is 10.6. The van der Waals surface area contributed by atoms with Gasteiger partial charge >= 0.3 is 0 Å². The molecular formula is C38H74N6. The third-order valence-corrected chi connectivity index (χ3v) is 12.3. The standard InChI is InChI=1S/C38H74N6/c1-30-22-40(16-13-32(30)41-17-19-43(20-18-41)35(6,7)8)25-36(9,10)23-37(11,12)44-28-38(29-44)26-42(27-38)33-14-15-39(21-31(33)2)24-34(3,4)5/h30-33H,13-29H2,1-12H3/t30-,31+,32?,33?/m1/s1. The fraction of sp³-hybridized carbons (Fsp3) is 1.00. The van der Waals surface area contributed by atoms with E-state index >= 15 is 0 Å². The molecule has 0 aromatic rings. The third kappa shape index (κ3) is 8.24. The van der Waals surface area contributed by atoms with Crippen molar-refractivity contribution in [2.24, 2.45) is 28.1 Å². The summed E-state index contributed by atoms with van der Waals surface area (Å²) in [5.41, 5.74) is 1.90. The number of hydrogen-bond donors (Lipinski definition) is 0. The molecule has 5 aliphatic heterocycles. The van der Waals surface area contributed by atoms with Crippen LogP contribution in [0.3, 0.4) is 0 Å². The van der Waals surface area contributed by atoms with Gasteiger partial charge < -0.3 is 9.80 Å². The molecule has 0 bridgehead atoms. The Morgan fingerprint density at radius 3 is 1.55 bits per heavy atom. The summed E-state index contributed by atoms with van der Waals surface area (Å²) in [5.74, 6) is 1.56. The Morgan fingerprint density at radius 2 is 1.07 bits per heavy atom. The van der Waals surface area contributed by atoms with Gasteiger partial charge in [0.1, 0.15) is 0 Å². The van der Waals surface area contributed by atoms with Crippen molar-refractivity contribution in [2.75, 3.05) is 91.6 Å². The predicted octanol–water partition coefficient (Wildman–Crippen LogP) is 5.68. The van der Waals surface area contributed by atoms with Gasteiger partial charge in [0.2, 0.25) is 0 Å². The quantitative estimate of drug-likeness (QED) is 0.348. The summed E-state index contributed by atoms with van der Waals surface area (Å²) in [6.07, 6.45) is 3.99. The zero-order chi connectivity index (χ0) is 32.3. The van der Waals surface area contributed by atoms with Crippen LogP contribution in [0.1, 0.15) is 102 Å². The van der Waals surface area contributed by atoms with Crippen LogP contribution in [0.25, 0.3) is 0 Å². The van der Waals surface area contributed by atoms with Crippen molar-refractivity contribution in [3.63, 3.8) is 0 Å². The lowest BCUT2D eigenvalue weighted by Crippen LogP contribution is -2.77. The number of piperidine rings is 2. The van der Waals surface area contributed by atoms with Gasteiger partial charge in [0.25, 0.3) is 0 Å². The van der Waals surface area contributed by atoms with Crippen LogP contribution < -0.4 is 0 Å². The highest BCUT2D eigenvalue weighted by Crippen LogP contribution is 2.47. The summed E-state index contributed by atoms with van der Waals surface area (Å²) in [6, 6.07) is 1.57. The summed E-state index contributed by atoms with van der Waals surface area (Å²) in [6.45, 7) is 47.3. The van der Waals surface area contributed by atoms with Crippen LogP contribution in [-0.2, 0) is 0 Å². The molecule has 4 atom stereocenters. The van der Waals surface area contributed by atoms with Crippen LogP contribution in [0.15, 0.2) is 0 Å². The first kappa shape index (κ1) is 35.1. The Hall–Kier alpha value is -0.240. The second kappa shape index (κ2) is 12.7. The molecule has 5 saturated heterocycles. The molecular weight excluding hydrogens is 540 g/mol. The van der Waals surface area contributed by atoms with Crippen molar-refractivity contribution in [2.45, 2.75) is 126 Å². The van der Waals surface area contributed by atoms with Crippen LogP contribution in [0.2, 0.25) is 0 Å². The van der Waals surface area contributed by atoms with Crippen molar-refractivity contribution in [3.05, 3.63) is 0 Å². The Morgan fingerprint density at radius 1 is 0.568 bits per heavy atom. The molecule has 0 aliphatic carbocycles. The molecule has 6 nitrogen and oxygen atoms in total. The molecule has 6 heteroatoms. The lowest BCUT2D eigenvalue weighted by molar-refractivity contribution is -0.174. The summed E-state index contributed by atoms with van der Waals surface area (Å²) >= 11 is 0. The maximum absolute atomic E-state index is 2.86. The van der Waals surface area contributed by atoms with E-state index in [0.29, 0.717) is 21.8 Å². The van der Waals surface area contributed by atoms with Crippen LogP contribution in [0, 0.1) is 28.1 Å².